The molecular formula is C19H25N3O2. The zero-order valence-corrected chi connectivity index (χ0v) is 14.1. The number of rotatable bonds is 4. The Morgan fingerprint density at radius 1 is 0.958 bits per heavy atom. The first-order valence-corrected chi connectivity index (χ1v) is 9.21. The van der Waals surface area contributed by atoms with Gasteiger partial charge in [0, 0.05) is 43.5 Å². The van der Waals surface area contributed by atoms with Gasteiger partial charge in [-0.15, -0.1) is 0 Å². The van der Waals surface area contributed by atoms with Crippen LogP contribution < -0.4 is 10.2 Å². The molecule has 0 spiro atoms. The molecule has 2 amide bonds. The molecule has 24 heavy (non-hydrogen) atoms. The van der Waals surface area contributed by atoms with Gasteiger partial charge >= 0.3 is 0 Å². The van der Waals surface area contributed by atoms with Crippen LogP contribution in [0, 0.1) is 5.92 Å². The van der Waals surface area contributed by atoms with Crippen LogP contribution in [0.5, 0.6) is 0 Å². The fourth-order valence-electron chi connectivity index (χ4n) is 3.70. The highest BCUT2D eigenvalue weighted by Crippen LogP contribution is 2.32. The van der Waals surface area contributed by atoms with Gasteiger partial charge in [0.05, 0.1) is 5.56 Å². The SMILES string of the molecule is O=C(Nc1ccc(N2CCCC2)c(C(=O)N2CCCC2)c1)C1CC1. The molecule has 128 valence electrons. The fraction of sp³-hybridized carbons (Fsp3) is 0.579. The van der Waals surface area contributed by atoms with Crippen molar-refractivity contribution in [3.05, 3.63) is 23.8 Å². The molecule has 5 heteroatoms. The number of amides is 2. The molecule has 3 aliphatic rings. The predicted molar refractivity (Wildman–Crippen MR) is 94.4 cm³/mol. The Labute approximate surface area is 143 Å². The number of hydrogen-bond acceptors (Lipinski definition) is 3. The van der Waals surface area contributed by atoms with E-state index in [4.69, 9.17) is 0 Å². The summed E-state index contributed by atoms with van der Waals surface area (Å²) in [5, 5.41) is 2.98. The first-order valence-electron chi connectivity index (χ1n) is 9.21. The van der Waals surface area contributed by atoms with E-state index in [1.807, 2.05) is 23.1 Å². The molecule has 1 saturated carbocycles. The number of likely N-dealkylation sites (tertiary alicyclic amines) is 1. The number of benzene rings is 1. The second-order valence-electron chi connectivity index (χ2n) is 7.19. The lowest BCUT2D eigenvalue weighted by Crippen LogP contribution is -2.30. The van der Waals surface area contributed by atoms with Crippen LogP contribution in [0.3, 0.4) is 0 Å². The predicted octanol–water partition coefficient (Wildman–Crippen LogP) is 2.87. The van der Waals surface area contributed by atoms with Crippen molar-refractivity contribution in [1.82, 2.24) is 4.90 Å². The second kappa shape index (κ2) is 6.46. The van der Waals surface area contributed by atoms with Crippen molar-refractivity contribution in [2.75, 3.05) is 36.4 Å². The number of carbonyl (C=O) groups excluding carboxylic acids is 2. The van der Waals surface area contributed by atoms with E-state index in [1.165, 1.54) is 12.8 Å². The number of hydrogen-bond donors (Lipinski definition) is 1. The van der Waals surface area contributed by atoms with E-state index in [1.54, 1.807) is 0 Å². The van der Waals surface area contributed by atoms with Gasteiger partial charge in [-0.25, -0.2) is 0 Å². The van der Waals surface area contributed by atoms with Gasteiger partial charge in [-0.1, -0.05) is 0 Å². The molecule has 1 aliphatic carbocycles. The topological polar surface area (TPSA) is 52.7 Å². The zero-order chi connectivity index (χ0) is 16.5. The van der Waals surface area contributed by atoms with E-state index in [0.717, 1.165) is 68.8 Å². The van der Waals surface area contributed by atoms with Crippen LogP contribution >= 0.6 is 0 Å². The lowest BCUT2D eigenvalue weighted by molar-refractivity contribution is -0.117. The molecule has 2 aliphatic heterocycles. The Morgan fingerprint density at radius 2 is 1.62 bits per heavy atom. The summed E-state index contributed by atoms with van der Waals surface area (Å²) in [7, 11) is 0. The Morgan fingerprint density at radius 3 is 2.29 bits per heavy atom. The molecule has 4 rings (SSSR count). The smallest absolute Gasteiger partial charge is 0.256 e. The molecule has 3 fully saturated rings. The second-order valence-corrected chi connectivity index (χ2v) is 7.19. The lowest BCUT2D eigenvalue weighted by atomic mass is 10.1. The van der Waals surface area contributed by atoms with Gasteiger partial charge in [0.15, 0.2) is 0 Å². The highest BCUT2D eigenvalue weighted by Gasteiger charge is 2.30. The molecule has 0 aromatic heterocycles. The van der Waals surface area contributed by atoms with E-state index in [-0.39, 0.29) is 17.7 Å². The molecule has 0 bridgehead atoms. The summed E-state index contributed by atoms with van der Waals surface area (Å²) in [6, 6.07) is 5.83. The molecule has 5 nitrogen and oxygen atoms in total. The molecule has 0 atom stereocenters. The lowest BCUT2D eigenvalue weighted by Gasteiger charge is -2.24. The van der Waals surface area contributed by atoms with Gasteiger partial charge in [0.2, 0.25) is 5.91 Å². The summed E-state index contributed by atoms with van der Waals surface area (Å²) in [6.45, 7) is 3.70. The number of nitrogens with zero attached hydrogens (tertiary/aromatic N) is 2. The van der Waals surface area contributed by atoms with Crippen LogP contribution in [0.4, 0.5) is 11.4 Å². The maximum atomic E-state index is 13.0. The molecule has 2 saturated heterocycles. The summed E-state index contributed by atoms with van der Waals surface area (Å²) in [5.41, 5.74) is 2.51. The molecule has 0 radical (unpaired) electrons. The highest BCUT2D eigenvalue weighted by molar-refractivity contribution is 6.02. The van der Waals surface area contributed by atoms with E-state index in [2.05, 4.69) is 10.2 Å². The fourth-order valence-corrected chi connectivity index (χ4v) is 3.70. The summed E-state index contributed by atoms with van der Waals surface area (Å²) < 4.78 is 0. The molecule has 2 heterocycles. The zero-order valence-electron chi connectivity index (χ0n) is 14.1. The maximum Gasteiger partial charge on any atom is 0.256 e. The first kappa shape index (κ1) is 15.5. The van der Waals surface area contributed by atoms with Crippen molar-refractivity contribution in [3.63, 3.8) is 0 Å². The van der Waals surface area contributed by atoms with Crippen molar-refractivity contribution in [3.8, 4) is 0 Å². The number of anilines is 2. The van der Waals surface area contributed by atoms with E-state index in [0.29, 0.717) is 0 Å². The van der Waals surface area contributed by atoms with E-state index < -0.39 is 0 Å². The van der Waals surface area contributed by atoms with Crippen molar-refractivity contribution >= 4 is 23.2 Å². The van der Waals surface area contributed by atoms with Crippen molar-refractivity contribution in [2.24, 2.45) is 5.92 Å². The van der Waals surface area contributed by atoms with Crippen LogP contribution in [0.2, 0.25) is 0 Å². The standard InChI is InChI=1S/C19H25N3O2/c23-18(14-5-6-14)20-15-7-8-17(21-9-1-2-10-21)16(13-15)19(24)22-11-3-4-12-22/h7-8,13-14H,1-6,9-12H2,(H,20,23). The number of carbonyl (C=O) groups is 2. The summed E-state index contributed by atoms with van der Waals surface area (Å²) in [6.07, 6.45) is 6.50. The van der Waals surface area contributed by atoms with E-state index in [9.17, 15) is 9.59 Å². The highest BCUT2D eigenvalue weighted by atomic mass is 16.2. The minimum atomic E-state index is 0.0866. The monoisotopic (exact) mass is 327 g/mol. The van der Waals surface area contributed by atoms with Crippen LogP contribution in [0.25, 0.3) is 0 Å². The molecule has 0 unspecified atom stereocenters. The van der Waals surface area contributed by atoms with E-state index >= 15 is 0 Å². The normalized spacial score (nSPS) is 20.5. The third-order valence-electron chi connectivity index (χ3n) is 5.28. The van der Waals surface area contributed by atoms with Crippen LogP contribution in [-0.2, 0) is 4.79 Å². The Hall–Kier alpha value is -2.04. The Balaban J connectivity index is 1.62. The van der Waals surface area contributed by atoms with Gasteiger partial charge in [0.1, 0.15) is 0 Å². The van der Waals surface area contributed by atoms with Crippen molar-refractivity contribution in [1.29, 1.82) is 0 Å². The maximum absolute atomic E-state index is 13.0. The molecule has 1 N–H and O–H groups in total. The Kier molecular flexibility index (Phi) is 4.17. The van der Waals surface area contributed by atoms with Gasteiger partial charge < -0.3 is 15.1 Å². The van der Waals surface area contributed by atoms with Gasteiger partial charge in [0.25, 0.3) is 5.91 Å². The van der Waals surface area contributed by atoms with Crippen LogP contribution in [0.1, 0.15) is 48.9 Å². The average Bonchev–Trinajstić information content (AvgIpc) is 3.08. The minimum Gasteiger partial charge on any atom is -0.371 e. The summed E-state index contributed by atoms with van der Waals surface area (Å²) in [5.74, 6) is 0.362. The van der Waals surface area contributed by atoms with Crippen LogP contribution in [-0.4, -0.2) is 42.9 Å². The molecule has 1 aromatic rings. The van der Waals surface area contributed by atoms with Crippen molar-refractivity contribution in [2.45, 2.75) is 38.5 Å². The van der Waals surface area contributed by atoms with Gasteiger partial charge in [-0.3, -0.25) is 9.59 Å². The molecule has 1 aromatic carbocycles. The third kappa shape index (κ3) is 3.12. The van der Waals surface area contributed by atoms with Crippen molar-refractivity contribution < 1.29 is 9.59 Å². The quantitative estimate of drug-likeness (QED) is 0.925. The summed E-state index contributed by atoms with van der Waals surface area (Å²) in [4.78, 5) is 29.3. The number of nitrogens with one attached hydrogen (secondary N) is 1. The molecular weight excluding hydrogens is 302 g/mol. The van der Waals surface area contributed by atoms with Crippen LogP contribution in [0.15, 0.2) is 18.2 Å². The van der Waals surface area contributed by atoms with Gasteiger partial charge in [-0.2, -0.15) is 0 Å². The van der Waals surface area contributed by atoms with Gasteiger partial charge in [-0.05, 0) is 56.7 Å². The Bertz CT molecular complexity index is 642. The first-order chi connectivity index (χ1) is 11.7. The average molecular weight is 327 g/mol. The third-order valence-corrected chi connectivity index (χ3v) is 5.28. The summed E-state index contributed by atoms with van der Waals surface area (Å²) >= 11 is 0. The largest absolute Gasteiger partial charge is 0.371 e. The minimum absolute atomic E-state index is 0.0866.